The largest absolute Gasteiger partial charge is 0.355 e. The molecule has 192 valence electrons. The Kier molecular flexibility index (Phi) is 7.73. The molecule has 1 unspecified atom stereocenters. The average Bonchev–Trinajstić information content (AvgIpc) is 3.08. The van der Waals surface area contributed by atoms with E-state index in [-0.39, 0.29) is 29.3 Å². The Labute approximate surface area is 217 Å². The van der Waals surface area contributed by atoms with E-state index in [4.69, 9.17) is 0 Å². The zero-order valence-electron chi connectivity index (χ0n) is 20.8. The van der Waals surface area contributed by atoms with Crippen molar-refractivity contribution in [2.24, 2.45) is 0 Å². The quantitative estimate of drug-likeness (QED) is 0.468. The third-order valence-corrected chi connectivity index (χ3v) is 8.20. The van der Waals surface area contributed by atoms with Crippen LogP contribution in [0.3, 0.4) is 0 Å². The number of rotatable bonds is 9. The van der Waals surface area contributed by atoms with Crippen LogP contribution in [-0.2, 0) is 32.6 Å². The number of benzene rings is 3. The minimum atomic E-state index is -4.18. The lowest BCUT2D eigenvalue weighted by molar-refractivity contribution is -0.141. The number of amides is 3. The molecule has 0 saturated carbocycles. The Morgan fingerprint density at radius 2 is 1.59 bits per heavy atom. The standard InChI is InChI=1S/C28H29N3O5S/c1-3-29-27(33)24(17-21-12-5-4-6-13-21)30(18-22-14-8-7-11-20(22)2)26(32)19-31-28(34)23-15-9-10-16-25(23)37(31,35)36/h4-16,24H,3,17-19H2,1-2H3,(H,29,33). The number of nitrogens with zero attached hydrogens (tertiary/aromatic N) is 2. The van der Waals surface area contributed by atoms with Gasteiger partial charge in [0.25, 0.3) is 15.9 Å². The second-order valence-electron chi connectivity index (χ2n) is 8.86. The van der Waals surface area contributed by atoms with Gasteiger partial charge in [0, 0.05) is 19.5 Å². The molecule has 0 aliphatic carbocycles. The molecule has 0 aromatic heterocycles. The van der Waals surface area contributed by atoms with E-state index in [0.717, 1.165) is 16.7 Å². The second-order valence-corrected chi connectivity index (χ2v) is 10.7. The summed E-state index contributed by atoms with van der Waals surface area (Å²) in [6.45, 7) is 3.44. The van der Waals surface area contributed by atoms with Gasteiger partial charge in [-0.15, -0.1) is 0 Å². The monoisotopic (exact) mass is 519 g/mol. The molecule has 0 saturated heterocycles. The average molecular weight is 520 g/mol. The van der Waals surface area contributed by atoms with E-state index < -0.39 is 34.4 Å². The molecule has 0 radical (unpaired) electrons. The molecular formula is C28H29N3O5S. The van der Waals surface area contributed by atoms with Crippen LogP contribution in [0.1, 0.15) is 34.0 Å². The highest BCUT2D eigenvalue weighted by atomic mass is 32.2. The maximum absolute atomic E-state index is 13.8. The van der Waals surface area contributed by atoms with Crippen molar-refractivity contribution in [3.05, 3.63) is 101 Å². The summed E-state index contributed by atoms with van der Waals surface area (Å²) >= 11 is 0. The summed E-state index contributed by atoms with van der Waals surface area (Å²) in [5.41, 5.74) is 2.62. The van der Waals surface area contributed by atoms with Crippen molar-refractivity contribution in [1.29, 1.82) is 0 Å². The lowest BCUT2D eigenvalue weighted by Crippen LogP contribution is -2.53. The van der Waals surface area contributed by atoms with E-state index in [9.17, 15) is 22.8 Å². The van der Waals surface area contributed by atoms with E-state index in [0.29, 0.717) is 10.8 Å². The Hall–Kier alpha value is -3.98. The van der Waals surface area contributed by atoms with Crippen LogP contribution in [0, 0.1) is 6.92 Å². The van der Waals surface area contributed by atoms with Gasteiger partial charge in [-0.25, -0.2) is 12.7 Å². The van der Waals surface area contributed by atoms with E-state index in [1.165, 1.54) is 23.1 Å². The smallest absolute Gasteiger partial charge is 0.269 e. The predicted molar refractivity (Wildman–Crippen MR) is 139 cm³/mol. The second kappa shape index (κ2) is 11.0. The molecule has 3 amide bonds. The highest BCUT2D eigenvalue weighted by Crippen LogP contribution is 2.30. The number of aryl methyl sites for hydroxylation is 1. The molecule has 3 aromatic rings. The Morgan fingerprint density at radius 3 is 2.27 bits per heavy atom. The van der Waals surface area contributed by atoms with Gasteiger partial charge in [-0.1, -0.05) is 66.7 Å². The van der Waals surface area contributed by atoms with Gasteiger partial charge in [0.1, 0.15) is 17.5 Å². The molecule has 8 nitrogen and oxygen atoms in total. The highest BCUT2D eigenvalue weighted by Gasteiger charge is 2.43. The number of fused-ring (bicyclic) bond motifs is 1. The topological polar surface area (TPSA) is 104 Å². The fourth-order valence-electron chi connectivity index (χ4n) is 4.42. The van der Waals surface area contributed by atoms with E-state index in [1.54, 1.807) is 13.0 Å². The lowest BCUT2D eigenvalue weighted by Gasteiger charge is -2.32. The number of likely N-dealkylation sites (N-methyl/N-ethyl adjacent to an activating group) is 1. The summed E-state index contributed by atoms with van der Waals surface area (Å²) in [6, 6.07) is 21.8. The highest BCUT2D eigenvalue weighted by molar-refractivity contribution is 7.90. The first-order valence-electron chi connectivity index (χ1n) is 12.1. The Bertz CT molecular complexity index is 1420. The zero-order valence-corrected chi connectivity index (χ0v) is 21.6. The van der Waals surface area contributed by atoms with Gasteiger partial charge in [-0.2, -0.15) is 0 Å². The first-order chi connectivity index (χ1) is 17.7. The third-order valence-electron chi connectivity index (χ3n) is 6.41. The summed E-state index contributed by atoms with van der Waals surface area (Å²) in [7, 11) is -4.18. The lowest BCUT2D eigenvalue weighted by atomic mass is 10.0. The molecule has 9 heteroatoms. The van der Waals surface area contributed by atoms with Crippen LogP contribution >= 0.6 is 0 Å². The van der Waals surface area contributed by atoms with Crippen LogP contribution < -0.4 is 5.32 Å². The van der Waals surface area contributed by atoms with Crippen molar-refractivity contribution in [2.75, 3.05) is 13.1 Å². The van der Waals surface area contributed by atoms with Gasteiger partial charge in [-0.05, 0) is 42.7 Å². The van der Waals surface area contributed by atoms with Gasteiger partial charge in [-0.3, -0.25) is 14.4 Å². The fourth-order valence-corrected chi connectivity index (χ4v) is 5.94. The normalized spacial score (nSPS) is 14.6. The molecule has 1 aliphatic rings. The van der Waals surface area contributed by atoms with Crippen LogP contribution in [0.5, 0.6) is 0 Å². The molecule has 1 aliphatic heterocycles. The van der Waals surface area contributed by atoms with Crippen molar-refractivity contribution in [1.82, 2.24) is 14.5 Å². The van der Waals surface area contributed by atoms with Crippen molar-refractivity contribution in [3.63, 3.8) is 0 Å². The van der Waals surface area contributed by atoms with Gasteiger partial charge < -0.3 is 10.2 Å². The number of carbonyl (C=O) groups excluding carboxylic acids is 3. The van der Waals surface area contributed by atoms with Crippen LogP contribution in [0.25, 0.3) is 0 Å². The molecule has 0 bridgehead atoms. The minimum Gasteiger partial charge on any atom is -0.355 e. The summed E-state index contributed by atoms with van der Waals surface area (Å²) < 4.78 is 26.8. The zero-order chi connectivity index (χ0) is 26.6. The first-order valence-corrected chi connectivity index (χ1v) is 13.5. The predicted octanol–water partition coefficient (Wildman–Crippen LogP) is 2.92. The summed E-state index contributed by atoms with van der Waals surface area (Å²) in [5, 5.41) is 2.80. The molecule has 1 N–H and O–H groups in total. The molecule has 0 fully saturated rings. The van der Waals surface area contributed by atoms with Crippen molar-refractivity contribution < 1.29 is 22.8 Å². The maximum atomic E-state index is 13.8. The summed E-state index contributed by atoms with van der Waals surface area (Å²) in [4.78, 5) is 41.3. The van der Waals surface area contributed by atoms with Crippen LogP contribution in [0.4, 0.5) is 0 Å². The SMILES string of the molecule is CCNC(=O)C(Cc1ccccc1)N(Cc1ccccc1C)C(=O)CN1C(=O)c2ccccc2S1(=O)=O. The van der Waals surface area contributed by atoms with E-state index in [2.05, 4.69) is 5.32 Å². The number of sulfonamides is 1. The molecular weight excluding hydrogens is 490 g/mol. The molecule has 37 heavy (non-hydrogen) atoms. The van der Waals surface area contributed by atoms with Crippen molar-refractivity contribution >= 4 is 27.7 Å². The molecule has 0 spiro atoms. The minimum absolute atomic E-state index is 0.0327. The van der Waals surface area contributed by atoms with Gasteiger partial charge >= 0.3 is 0 Å². The number of hydrogen-bond acceptors (Lipinski definition) is 5. The fraction of sp³-hybridized carbons (Fsp3) is 0.250. The van der Waals surface area contributed by atoms with Crippen LogP contribution in [-0.4, -0.2) is 54.5 Å². The van der Waals surface area contributed by atoms with E-state index in [1.807, 2.05) is 61.5 Å². The number of hydrogen-bond donors (Lipinski definition) is 1. The third kappa shape index (κ3) is 5.41. The van der Waals surface area contributed by atoms with Crippen LogP contribution in [0.2, 0.25) is 0 Å². The number of carbonyl (C=O) groups is 3. The van der Waals surface area contributed by atoms with Gasteiger partial charge in [0.05, 0.1) is 5.56 Å². The van der Waals surface area contributed by atoms with Crippen LogP contribution in [0.15, 0.2) is 83.8 Å². The Morgan fingerprint density at radius 1 is 0.946 bits per heavy atom. The van der Waals surface area contributed by atoms with E-state index >= 15 is 0 Å². The molecule has 1 heterocycles. The van der Waals surface area contributed by atoms with Gasteiger partial charge in [0.2, 0.25) is 11.8 Å². The summed E-state index contributed by atoms with van der Waals surface area (Å²) in [6.07, 6.45) is 0.227. The molecule has 4 rings (SSSR count). The van der Waals surface area contributed by atoms with Crippen molar-refractivity contribution in [3.8, 4) is 0 Å². The van der Waals surface area contributed by atoms with Gasteiger partial charge in [0.15, 0.2) is 0 Å². The Balaban J connectivity index is 1.71. The first kappa shape index (κ1) is 26.1. The molecule has 3 aromatic carbocycles. The van der Waals surface area contributed by atoms with Crippen molar-refractivity contribution in [2.45, 2.75) is 37.8 Å². The molecule has 1 atom stereocenters. The number of nitrogens with one attached hydrogen (secondary N) is 1. The summed E-state index contributed by atoms with van der Waals surface area (Å²) in [5.74, 6) is -1.75. The maximum Gasteiger partial charge on any atom is 0.269 e.